The number of carbonyl (C=O) groups is 1. The SMILES string of the molecule is COCCCCCNC1=CC(=O)CC1. The molecule has 0 aromatic rings. The Hall–Kier alpha value is -0.830. The van der Waals surface area contributed by atoms with Crippen molar-refractivity contribution in [3.05, 3.63) is 11.8 Å². The maximum atomic E-state index is 10.9. The highest BCUT2D eigenvalue weighted by Crippen LogP contribution is 2.11. The minimum atomic E-state index is 0.256. The van der Waals surface area contributed by atoms with Gasteiger partial charge in [0.25, 0.3) is 0 Å². The topological polar surface area (TPSA) is 38.3 Å². The average Bonchev–Trinajstić information content (AvgIpc) is 2.58. The van der Waals surface area contributed by atoms with E-state index in [1.165, 1.54) is 6.42 Å². The summed E-state index contributed by atoms with van der Waals surface area (Å²) in [4.78, 5) is 10.9. The van der Waals surface area contributed by atoms with E-state index in [-0.39, 0.29) is 5.78 Å². The number of unbranched alkanes of at least 4 members (excludes halogenated alkanes) is 2. The summed E-state index contributed by atoms with van der Waals surface area (Å²) in [6.45, 7) is 1.82. The van der Waals surface area contributed by atoms with Crippen LogP contribution in [-0.4, -0.2) is 26.0 Å². The number of nitrogens with one attached hydrogen (secondary N) is 1. The summed E-state index contributed by atoms with van der Waals surface area (Å²) in [7, 11) is 1.73. The minimum absolute atomic E-state index is 0.256. The Bertz CT molecular complexity index is 211. The van der Waals surface area contributed by atoms with E-state index in [1.807, 2.05) is 0 Å². The molecule has 0 bridgehead atoms. The molecule has 0 heterocycles. The molecule has 1 rings (SSSR count). The van der Waals surface area contributed by atoms with Crippen molar-refractivity contribution in [3.8, 4) is 0 Å². The fourth-order valence-electron chi connectivity index (χ4n) is 1.53. The summed E-state index contributed by atoms with van der Waals surface area (Å²) in [5.74, 6) is 0.256. The molecule has 0 saturated carbocycles. The van der Waals surface area contributed by atoms with Crippen molar-refractivity contribution in [2.75, 3.05) is 20.3 Å². The molecular weight excluding hydrogens is 178 g/mol. The van der Waals surface area contributed by atoms with Crippen LogP contribution in [0.2, 0.25) is 0 Å². The normalized spacial score (nSPS) is 15.8. The summed E-state index contributed by atoms with van der Waals surface area (Å²) < 4.78 is 4.96. The summed E-state index contributed by atoms with van der Waals surface area (Å²) in [6, 6.07) is 0. The number of rotatable bonds is 7. The van der Waals surface area contributed by atoms with E-state index in [9.17, 15) is 4.79 Å². The zero-order valence-corrected chi connectivity index (χ0v) is 8.84. The molecule has 3 nitrogen and oxygen atoms in total. The minimum Gasteiger partial charge on any atom is -0.388 e. The van der Waals surface area contributed by atoms with Crippen LogP contribution in [0.1, 0.15) is 32.1 Å². The third kappa shape index (κ3) is 4.42. The molecule has 0 spiro atoms. The Morgan fingerprint density at radius 1 is 1.36 bits per heavy atom. The fourth-order valence-corrected chi connectivity index (χ4v) is 1.53. The van der Waals surface area contributed by atoms with Gasteiger partial charge in [-0.1, -0.05) is 0 Å². The lowest BCUT2D eigenvalue weighted by atomic mass is 10.2. The first-order valence-electron chi connectivity index (χ1n) is 5.29. The number of hydrogen-bond donors (Lipinski definition) is 1. The van der Waals surface area contributed by atoms with Gasteiger partial charge in [-0.25, -0.2) is 0 Å². The molecule has 0 amide bonds. The van der Waals surface area contributed by atoms with Gasteiger partial charge in [0.15, 0.2) is 5.78 Å². The first-order chi connectivity index (χ1) is 6.83. The van der Waals surface area contributed by atoms with Gasteiger partial charge in [-0.05, 0) is 25.7 Å². The molecule has 14 heavy (non-hydrogen) atoms. The van der Waals surface area contributed by atoms with E-state index in [2.05, 4.69) is 5.32 Å². The second kappa shape index (κ2) is 6.60. The van der Waals surface area contributed by atoms with Crippen LogP contribution in [0.15, 0.2) is 11.8 Å². The number of methoxy groups -OCH3 is 1. The maximum Gasteiger partial charge on any atom is 0.157 e. The molecule has 3 heteroatoms. The Morgan fingerprint density at radius 3 is 2.86 bits per heavy atom. The van der Waals surface area contributed by atoms with E-state index in [1.54, 1.807) is 13.2 Å². The van der Waals surface area contributed by atoms with Gasteiger partial charge < -0.3 is 10.1 Å². The summed E-state index contributed by atoms with van der Waals surface area (Å²) in [5, 5.41) is 3.29. The molecule has 0 atom stereocenters. The van der Waals surface area contributed by atoms with Crippen molar-refractivity contribution in [1.29, 1.82) is 0 Å². The number of allylic oxidation sites excluding steroid dienone is 2. The standard InChI is InChI=1S/C11H19NO2/c1-14-8-4-2-3-7-12-10-5-6-11(13)9-10/h9,12H,2-8H2,1H3. The summed E-state index contributed by atoms with van der Waals surface area (Å²) in [6.07, 6.45) is 6.77. The molecule has 0 aliphatic heterocycles. The van der Waals surface area contributed by atoms with Crippen LogP contribution in [0, 0.1) is 0 Å². The van der Waals surface area contributed by atoms with Crippen LogP contribution in [0.4, 0.5) is 0 Å². The monoisotopic (exact) mass is 197 g/mol. The molecule has 80 valence electrons. The highest BCUT2D eigenvalue weighted by molar-refractivity contribution is 5.92. The second-order valence-electron chi connectivity index (χ2n) is 3.62. The molecule has 0 aromatic heterocycles. The zero-order chi connectivity index (χ0) is 10.2. The van der Waals surface area contributed by atoms with Crippen molar-refractivity contribution in [1.82, 2.24) is 5.32 Å². The van der Waals surface area contributed by atoms with Crippen LogP contribution >= 0.6 is 0 Å². The van der Waals surface area contributed by atoms with Crippen molar-refractivity contribution in [2.24, 2.45) is 0 Å². The van der Waals surface area contributed by atoms with Gasteiger partial charge in [-0.3, -0.25) is 4.79 Å². The first kappa shape index (κ1) is 11.2. The molecule has 0 fully saturated rings. The predicted octanol–water partition coefficient (Wildman–Crippen LogP) is 1.64. The van der Waals surface area contributed by atoms with Crippen LogP contribution in [0.5, 0.6) is 0 Å². The van der Waals surface area contributed by atoms with Gasteiger partial charge in [-0.15, -0.1) is 0 Å². The molecule has 1 aliphatic rings. The van der Waals surface area contributed by atoms with Gasteiger partial charge >= 0.3 is 0 Å². The van der Waals surface area contributed by atoms with Gasteiger partial charge in [0.2, 0.25) is 0 Å². The first-order valence-corrected chi connectivity index (χ1v) is 5.29. The lowest BCUT2D eigenvalue weighted by Crippen LogP contribution is -2.13. The maximum absolute atomic E-state index is 10.9. The van der Waals surface area contributed by atoms with Crippen molar-refractivity contribution < 1.29 is 9.53 Å². The lowest BCUT2D eigenvalue weighted by Gasteiger charge is -2.05. The molecule has 0 unspecified atom stereocenters. The molecule has 1 N–H and O–H groups in total. The molecular formula is C11H19NO2. The lowest BCUT2D eigenvalue weighted by molar-refractivity contribution is -0.114. The summed E-state index contributed by atoms with van der Waals surface area (Å²) in [5.41, 5.74) is 1.11. The second-order valence-corrected chi connectivity index (χ2v) is 3.62. The highest BCUT2D eigenvalue weighted by Gasteiger charge is 2.10. The zero-order valence-electron chi connectivity index (χ0n) is 8.84. The Kier molecular flexibility index (Phi) is 5.30. The van der Waals surface area contributed by atoms with E-state index < -0.39 is 0 Å². The van der Waals surface area contributed by atoms with Crippen LogP contribution in [-0.2, 0) is 9.53 Å². The molecule has 0 radical (unpaired) electrons. The van der Waals surface area contributed by atoms with E-state index >= 15 is 0 Å². The largest absolute Gasteiger partial charge is 0.388 e. The van der Waals surface area contributed by atoms with Crippen molar-refractivity contribution in [2.45, 2.75) is 32.1 Å². The van der Waals surface area contributed by atoms with E-state index in [4.69, 9.17) is 4.74 Å². The van der Waals surface area contributed by atoms with Crippen LogP contribution < -0.4 is 5.32 Å². The Balaban J connectivity index is 1.94. The van der Waals surface area contributed by atoms with Crippen molar-refractivity contribution in [3.63, 3.8) is 0 Å². The third-order valence-corrected chi connectivity index (χ3v) is 2.35. The average molecular weight is 197 g/mol. The molecule has 0 saturated heterocycles. The number of hydrogen-bond acceptors (Lipinski definition) is 3. The van der Waals surface area contributed by atoms with Gasteiger partial charge in [0.1, 0.15) is 0 Å². The predicted molar refractivity (Wildman–Crippen MR) is 56.1 cm³/mol. The number of carbonyl (C=O) groups excluding carboxylic acids is 1. The van der Waals surface area contributed by atoms with Gasteiger partial charge in [-0.2, -0.15) is 0 Å². The van der Waals surface area contributed by atoms with Gasteiger partial charge in [0.05, 0.1) is 0 Å². The fraction of sp³-hybridized carbons (Fsp3) is 0.727. The molecule has 0 aromatic carbocycles. The summed E-state index contributed by atoms with van der Waals surface area (Å²) >= 11 is 0. The Labute approximate surface area is 85.5 Å². The Morgan fingerprint density at radius 2 is 2.21 bits per heavy atom. The quantitative estimate of drug-likeness (QED) is 0.630. The molecule has 1 aliphatic carbocycles. The van der Waals surface area contributed by atoms with Crippen LogP contribution in [0.25, 0.3) is 0 Å². The van der Waals surface area contributed by atoms with Gasteiger partial charge in [0, 0.05) is 38.5 Å². The van der Waals surface area contributed by atoms with Crippen LogP contribution in [0.3, 0.4) is 0 Å². The smallest absolute Gasteiger partial charge is 0.157 e. The highest BCUT2D eigenvalue weighted by atomic mass is 16.5. The number of ketones is 1. The number of ether oxygens (including phenoxy) is 1. The van der Waals surface area contributed by atoms with E-state index in [0.717, 1.165) is 38.1 Å². The van der Waals surface area contributed by atoms with Crippen molar-refractivity contribution >= 4 is 5.78 Å². The third-order valence-electron chi connectivity index (χ3n) is 2.35. The van der Waals surface area contributed by atoms with E-state index in [0.29, 0.717) is 6.42 Å².